The Morgan fingerprint density at radius 3 is 2.14 bits per heavy atom. The van der Waals surface area contributed by atoms with E-state index in [9.17, 15) is 9.59 Å². The highest BCUT2D eigenvalue weighted by Crippen LogP contribution is 2.39. The van der Waals surface area contributed by atoms with Gasteiger partial charge in [-0.1, -0.05) is 24.4 Å². The van der Waals surface area contributed by atoms with Crippen LogP contribution in [0.5, 0.6) is 0 Å². The third kappa shape index (κ3) is 2.96. The number of rotatable bonds is 3. The van der Waals surface area contributed by atoms with Gasteiger partial charge in [0, 0.05) is 19.0 Å². The second-order valence-corrected chi connectivity index (χ2v) is 6.10. The number of piperidine rings is 1. The highest BCUT2D eigenvalue weighted by molar-refractivity contribution is 6.06. The van der Waals surface area contributed by atoms with Gasteiger partial charge in [-0.05, 0) is 25.7 Å². The van der Waals surface area contributed by atoms with E-state index in [1.807, 2.05) is 0 Å². The van der Waals surface area contributed by atoms with Gasteiger partial charge in [0.05, 0.1) is 0 Å². The van der Waals surface area contributed by atoms with Gasteiger partial charge in [-0.3, -0.25) is 9.59 Å². The summed E-state index contributed by atoms with van der Waals surface area (Å²) in [6, 6.07) is 0. The molecular weight excluding hydrogens is 272 g/mol. The average Bonchev–Trinajstić information content (AvgIpc) is 2.54. The van der Waals surface area contributed by atoms with Crippen LogP contribution in [0.3, 0.4) is 0 Å². The molecule has 1 saturated carbocycles. The van der Waals surface area contributed by atoms with E-state index >= 15 is 0 Å². The Morgan fingerprint density at radius 1 is 1.10 bits per heavy atom. The monoisotopic (exact) mass is 296 g/mol. The van der Waals surface area contributed by atoms with Crippen molar-refractivity contribution in [3.63, 3.8) is 0 Å². The van der Waals surface area contributed by atoms with E-state index < -0.39 is 5.41 Å². The number of primary amides is 1. The molecule has 1 aliphatic heterocycles. The summed E-state index contributed by atoms with van der Waals surface area (Å²) < 4.78 is 0. The van der Waals surface area contributed by atoms with Crippen molar-refractivity contribution in [3.05, 3.63) is 0 Å². The van der Waals surface area contributed by atoms with Crippen molar-refractivity contribution in [1.29, 1.82) is 0 Å². The average molecular weight is 296 g/mol. The van der Waals surface area contributed by atoms with Crippen molar-refractivity contribution in [2.75, 3.05) is 13.1 Å². The van der Waals surface area contributed by atoms with Crippen molar-refractivity contribution < 1.29 is 14.8 Å². The number of hydrogen-bond donors (Lipinski definition) is 3. The lowest BCUT2D eigenvalue weighted by Gasteiger charge is -2.41. The van der Waals surface area contributed by atoms with Crippen molar-refractivity contribution in [2.45, 2.75) is 44.9 Å². The molecule has 7 heteroatoms. The van der Waals surface area contributed by atoms with E-state index in [0.29, 0.717) is 38.8 Å². The molecule has 0 aromatic carbocycles. The van der Waals surface area contributed by atoms with Crippen LogP contribution in [0.25, 0.3) is 0 Å². The molecule has 2 amide bonds. The summed E-state index contributed by atoms with van der Waals surface area (Å²) in [6.45, 7) is 1.01. The molecule has 0 unspecified atom stereocenters. The van der Waals surface area contributed by atoms with Crippen LogP contribution >= 0.6 is 0 Å². The molecule has 118 valence electrons. The number of amidine groups is 1. The maximum Gasteiger partial charge on any atom is 0.236 e. The topological polar surface area (TPSA) is 122 Å². The Hall–Kier alpha value is -1.79. The second-order valence-electron chi connectivity index (χ2n) is 6.10. The molecule has 5 N–H and O–H groups in total. The fraction of sp³-hybridized carbons (Fsp3) is 0.786. The molecule has 0 bridgehead atoms. The van der Waals surface area contributed by atoms with Gasteiger partial charge in [0.2, 0.25) is 11.8 Å². The van der Waals surface area contributed by atoms with Gasteiger partial charge in [-0.15, -0.1) is 0 Å². The van der Waals surface area contributed by atoms with Crippen LogP contribution < -0.4 is 11.5 Å². The number of amides is 2. The molecule has 2 aliphatic rings. The lowest BCUT2D eigenvalue weighted by molar-refractivity contribution is -0.142. The zero-order chi connectivity index (χ0) is 15.5. The normalized spacial score (nSPS) is 23.8. The van der Waals surface area contributed by atoms with Crippen LogP contribution in [0.1, 0.15) is 44.9 Å². The highest BCUT2D eigenvalue weighted by atomic mass is 16.4. The molecule has 0 aromatic heterocycles. The van der Waals surface area contributed by atoms with Crippen LogP contribution in [0.2, 0.25) is 0 Å². The molecule has 2 rings (SSSR count). The second kappa shape index (κ2) is 6.32. The predicted molar refractivity (Wildman–Crippen MR) is 77.4 cm³/mol. The van der Waals surface area contributed by atoms with Gasteiger partial charge >= 0.3 is 0 Å². The Labute approximate surface area is 124 Å². The van der Waals surface area contributed by atoms with Crippen molar-refractivity contribution in [2.24, 2.45) is 28.0 Å². The smallest absolute Gasteiger partial charge is 0.236 e. The molecule has 1 saturated heterocycles. The van der Waals surface area contributed by atoms with Crippen LogP contribution in [0, 0.1) is 11.3 Å². The van der Waals surface area contributed by atoms with Crippen molar-refractivity contribution in [1.82, 2.24) is 4.90 Å². The summed E-state index contributed by atoms with van der Waals surface area (Å²) in [5, 5.41) is 12.2. The maximum absolute atomic E-state index is 12.9. The third-order valence-electron chi connectivity index (χ3n) is 4.90. The number of hydrogen-bond acceptors (Lipinski definition) is 4. The fourth-order valence-electron chi connectivity index (χ4n) is 3.50. The molecule has 7 nitrogen and oxygen atoms in total. The lowest BCUT2D eigenvalue weighted by atomic mass is 9.71. The summed E-state index contributed by atoms with van der Waals surface area (Å²) in [5.41, 5.74) is 10.3. The summed E-state index contributed by atoms with van der Waals surface area (Å²) in [7, 11) is 0. The van der Waals surface area contributed by atoms with Gasteiger partial charge in [-0.25, -0.2) is 0 Å². The lowest BCUT2D eigenvalue weighted by Crippen LogP contribution is -2.54. The largest absolute Gasteiger partial charge is 0.409 e. The Morgan fingerprint density at radius 2 is 1.67 bits per heavy atom. The van der Waals surface area contributed by atoms with E-state index in [0.717, 1.165) is 19.3 Å². The van der Waals surface area contributed by atoms with Gasteiger partial charge in [0.25, 0.3) is 0 Å². The quantitative estimate of drug-likeness (QED) is 0.302. The molecule has 0 aromatic rings. The minimum absolute atomic E-state index is 0.0178. The fourth-order valence-corrected chi connectivity index (χ4v) is 3.50. The SMILES string of the molecule is NC(=O)C1CCN(C(=O)C2(C(N)=NO)CCCCC2)CC1. The van der Waals surface area contributed by atoms with E-state index in [-0.39, 0.29) is 23.6 Å². The van der Waals surface area contributed by atoms with Gasteiger partial charge in [-0.2, -0.15) is 0 Å². The van der Waals surface area contributed by atoms with Gasteiger partial charge in [0.15, 0.2) is 5.84 Å². The maximum atomic E-state index is 12.9. The van der Waals surface area contributed by atoms with E-state index in [1.165, 1.54) is 0 Å². The van der Waals surface area contributed by atoms with Crippen LogP contribution in [-0.4, -0.2) is 40.8 Å². The predicted octanol–water partition coefficient (Wildman–Crippen LogP) is 0.407. The summed E-state index contributed by atoms with van der Waals surface area (Å²) in [6.07, 6.45) is 5.30. The standard InChI is InChI=1S/C14H24N4O3/c15-11(19)10-4-8-18(9-5-10)13(20)14(12(16)17-21)6-2-1-3-7-14/h10,21H,1-9H2,(H2,15,19)(H2,16,17). The molecule has 0 radical (unpaired) electrons. The Kier molecular flexibility index (Phi) is 4.69. The number of oxime groups is 1. The first-order valence-electron chi connectivity index (χ1n) is 7.58. The molecule has 0 spiro atoms. The number of nitrogens with two attached hydrogens (primary N) is 2. The third-order valence-corrected chi connectivity index (χ3v) is 4.90. The van der Waals surface area contributed by atoms with E-state index in [2.05, 4.69) is 5.16 Å². The highest BCUT2D eigenvalue weighted by Gasteiger charge is 2.46. The van der Waals surface area contributed by atoms with Gasteiger partial charge in [0.1, 0.15) is 5.41 Å². The van der Waals surface area contributed by atoms with Crippen molar-refractivity contribution in [3.8, 4) is 0 Å². The van der Waals surface area contributed by atoms with Crippen LogP contribution in [-0.2, 0) is 9.59 Å². The summed E-state index contributed by atoms with van der Waals surface area (Å²) in [5.74, 6) is -0.504. The van der Waals surface area contributed by atoms with Crippen LogP contribution in [0.15, 0.2) is 5.16 Å². The first kappa shape index (κ1) is 15.6. The molecule has 21 heavy (non-hydrogen) atoms. The molecule has 0 atom stereocenters. The number of nitrogens with zero attached hydrogens (tertiary/aromatic N) is 2. The number of carbonyl (C=O) groups excluding carboxylic acids is 2. The summed E-state index contributed by atoms with van der Waals surface area (Å²) in [4.78, 5) is 25.8. The first-order chi connectivity index (χ1) is 10.0. The van der Waals surface area contributed by atoms with Gasteiger partial charge < -0.3 is 21.6 Å². The molecule has 1 aliphatic carbocycles. The molecule has 1 heterocycles. The first-order valence-corrected chi connectivity index (χ1v) is 7.58. The van der Waals surface area contributed by atoms with E-state index in [4.69, 9.17) is 16.7 Å². The minimum Gasteiger partial charge on any atom is -0.409 e. The number of likely N-dealkylation sites (tertiary alicyclic amines) is 1. The van der Waals surface area contributed by atoms with Crippen LogP contribution in [0.4, 0.5) is 0 Å². The number of carbonyl (C=O) groups is 2. The molecule has 2 fully saturated rings. The Balaban J connectivity index is 2.11. The zero-order valence-corrected chi connectivity index (χ0v) is 12.3. The van der Waals surface area contributed by atoms with E-state index in [1.54, 1.807) is 4.90 Å². The molecular formula is C14H24N4O3. The van der Waals surface area contributed by atoms with Crippen molar-refractivity contribution >= 4 is 17.6 Å². The summed E-state index contributed by atoms with van der Waals surface area (Å²) >= 11 is 0. The zero-order valence-electron chi connectivity index (χ0n) is 12.3. The minimum atomic E-state index is -0.868. The Bertz CT molecular complexity index is 436.